The van der Waals surface area contributed by atoms with Crippen molar-refractivity contribution in [3.05, 3.63) is 29.8 Å². The van der Waals surface area contributed by atoms with Crippen molar-refractivity contribution in [2.24, 2.45) is 5.41 Å². The van der Waals surface area contributed by atoms with Gasteiger partial charge in [-0.25, -0.2) is 0 Å². The first-order chi connectivity index (χ1) is 11.2. The second-order valence-electron chi connectivity index (χ2n) is 5.94. The van der Waals surface area contributed by atoms with Crippen molar-refractivity contribution >= 4 is 11.8 Å². The number of carbonyl (C=O) groups is 2. The summed E-state index contributed by atoms with van der Waals surface area (Å²) in [5.74, 6) is -1.29. The van der Waals surface area contributed by atoms with Crippen molar-refractivity contribution in [3.63, 3.8) is 0 Å². The fourth-order valence-electron chi connectivity index (χ4n) is 2.72. The summed E-state index contributed by atoms with van der Waals surface area (Å²) >= 11 is 0. The minimum Gasteiger partial charge on any atom is -0.405 e. The molecule has 8 heteroatoms. The van der Waals surface area contributed by atoms with E-state index in [2.05, 4.69) is 10.1 Å². The molecule has 0 saturated carbocycles. The van der Waals surface area contributed by atoms with Crippen LogP contribution >= 0.6 is 0 Å². The van der Waals surface area contributed by atoms with Crippen LogP contribution in [-0.2, 0) is 4.79 Å². The van der Waals surface area contributed by atoms with Crippen LogP contribution in [0.5, 0.6) is 5.75 Å². The summed E-state index contributed by atoms with van der Waals surface area (Å²) in [6.45, 7) is 4.46. The Bertz CT molecular complexity index is 633. The molecule has 0 radical (unpaired) electrons. The Morgan fingerprint density at radius 3 is 2.62 bits per heavy atom. The SMILES string of the molecule is CCNC(=O)C1(C)CCN(C(=O)c2ccccc2OC(F)(F)F)C1. The third kappa shape index (κ3) is 3.98. The van der Waals surface area contributed by atoms with Crippen LogP contribution in [0.2, 0.25) is 0 Å². The highest BCUT2D eigenvalue weighted by Gasteiger charge is 2.42. The number of alkyl halides is 3. The van der Waals surface area contributed by atoms with Crippen LogP contribution in [0.25, 0.3) is 0 Å². The smallest absolute Gasteiger partial charge is 0.405 e. The molecule has 1 aromatic rings. The minimum atomic E-state index is -4.88. The normalized spacial score (nSPS) is 20.8. The van der Waals surface area contributed by atoms with E-state index in [1.165, 1.54) is 23.1 Å². The summed E-state index contributed by atoms with van der Waals surface area (Å²) in [7, 11) is 0. The van der Waals surface area contributed by atoms with Crippen molar-refractivity contribution in [2.45, 2.75) is 26.6 Å². The third-order valence-corrected chi connectivity index (χ3v) is 3.99. The van der Waals surface area contributed by atoms with Gasteiger partial charge in [-0.15, -0.1) is 13.2 Å². The predicted molar refractivity (Wildman–Crippen MR) is 80.4 cm³/mol. The molecule has 0 aromatic heterocycles. The van der Waals surface area contributed by atoms with Crippen LogP contribution < -0.4 is 10.1 Å². The third-order valence-electron chi connectivity index (χ3n) is 3.99. The minimum absolute atomic E-state index is 0.151. The van der Waals surface area contributed by atoms with Gasteiger partial charge >= 0.3 is 6.36 Å². The summed E-state index contributed by atoms with van der Waals surface area (Å²) in [4.78, 5) is 26.1. The zero-order chi connectivity index (χ0) is 18.0. The number of halogens is 3. The molecule has 1 N–H and O–H groups in total. The molecule has 132 valence electrons. The number of para-hydroxylation sites is 1. The maximum Gasteiger partial charge on any atom is 0.573 e. The molecule has 1 unspecified atom stereocenters. The molecule has 2 amide bonds. The Labute approximate surface area is 137 Å². The second kappa shape index (κ2) is 6.70. The molecule has 5 nitrogen and oxygen atoms in total. The fraction of sp³-hybridized carbons (Fsp3) is 0.500. The molecule has 1 atom stereocenters. The molecule has 1 aromatic carbocycles. The molecule has 1 aliphatic heterocycles. The largest absolute Gasteiger partial charge is 0.573 e. The monoisotopic (exact) mass is 344 g/mol. The van der Waals surface area contributed by atoms with Crippen molar-refractivity contribution in [2.75, 3.05) is 19.6 Å². The average molecular weight is 344 g/mol. The van der Waals surface area contributed by atoms with E-state index in [9.17, 15) is 22.8 Å². The van der Waals surface area contributed by atoms with E-state index in [1.807, 2.05) is 0 Å². The lowest BCUT2D eigenvalue weighted by atomic mass is 9.89. The van der Waals surface area contributed by atoms with Crippen LogP contribution in [0, 0.1) is 5.41 Å². The summed E-state index contributed by atoms with van der Waals surface area (Å²) in [6, 6.07) is 5.21. The predicted octanol–water partition coefficient (Wildman–Crippen LogP) is 2.57. The van der Waals surface area contributed by atoms with E-state index in [1.54, 1.807) is 13.8 Å². The first-order valence-electron chi connectivity index (χ1n) is 7.58. The Hall–Kier alpha value is -2.25. The lowest BCUT2D eigenvalue weighted by molar-refractivity contribution is -0.274. The van der Waals surface area contributed by atoms with E-state index in [0.29, 0.717) is 19.5 Å². The molecule has 1 fully saturated rings. The molecule has 0 aliphatic carbocycles. The number of amides is 2. The number of rotatable bonds is 4. The number of ether oxygens (including phenoxy) is 1. The summed E-state index contributed by atoms with van der Waals surface area (Å²) in [5.41, 5.74) is -0.916. The van der Waals surface area contributed by atoms with Crippen molar-refractivity contribution < 1.29 is 27.5 Å². The van der Waals surface area contributed by atoms with Gasteiger partial charge in [0, 0.05) is 19.6 Å². The van der Waals surface area contributed by atoms with Gasteiger partial charge in [-0.2, -0.15) is 0 Å². The van der Waals surface area contributed by atoms with Gasteiger partial charge in [-0.3, -0.25) is 9.59 Å². The van der Waals surface area contributed by atoms with Gasteiger partial charge in [0.15, 0.2) is 0 Å². The fourth-order valence-corrected chi connectivity index (χ4v) is 2.72. The lowest BCUT2D eigenvalue weighted by Gasteiger charge is -2.24. The van der Waals surface area contributed by atoms with Crippen molar-refractivity contribution in [1.29, 1.82) is 0 Å². The molecular weight excluding hydrogens is 325 g/mol. The first kappa shape index (κ1) is 18.1. The van der Waals surface area contributed by atoms with Gasteiger partial charge in [0.25, 0.3) is 5.91 Å². The topological polar surface area (TPSA) is 58.6 Å². The van der Waals surface area contributed by atoms with Gasteiger partial charge in [-0.1, -0.05) is 12.1 Å². The highest BCUT2D eigenvalue weighted by atomic mass is 19.4. The molecule has 1 aliphatic rings. The quantitative estimate of drug-likeness (QED) is 0.913. The molecule has 1 saturated heterocycles. The number of hydrogen-bond acceptors (Lipinski definition) is 3. The summed E-state index contributed by atoms with van der Waals surface area (Å²) in [6.07, 6.45) is -4.43. The van der Waals surface area contributed by atoms with Gasteiger partial charge < -0.3 is 15.0 Å². The molecular formula is C16H19F3N2O3. The van der Waals surface area contributed by atoms with Crippen LogP contribution in [0.1, 0.15) is 30.6 Å². The zero-order valence-electron chi connectivity index (χ0n) is 13.4. The number of likely N-dealkylation sites (tertiary alicyclic amines) is 1. The molecule has 0 bridgehead atoms. The number of benzene rings is 1. The Balaban J connectivity index is 2.18. The molecule has 2 rings (SSSR count). The van der Waals surface area contributed by atoms with Crippen LogP contribution in [0.4, 0.5) is 13.2 Å². The summed E-state index contributed by atoms with van der Waals surface area (Å²) in [5, 5.41) is 2.72. The van der Waals surface area contributed by atoms with E-state index in [-0.39, 0.29) is 18.0 Å². The average Bonchev–Trinajstić information content (AvgIpc) is 2.90. The number of carbonyl (C=O) groups excluding carboxylic acids is 2. The molecule has 1 heterocycles. The van der Waals surface area contributed by atoms with E-state index >= 15 is 0 Å². The Kier molecular flexibility index (Phi) is 5.05. The van der Waals surface area contributed by atoms with E-state index < -0.39 is 23.4 Å². The van der Waals surface area contributed by atoms with Gasteiger partial charge in [0.2, 0.25) is 5.91 Å². The number of nitrogens with one attached hydrogen (secondary N) is 1. The Morgan fingerprint density at radius 1 is 1.33 bits per heavy atom. The van der Waals surface area contributed by atoms with Gasteiger partial charge in [0.05, 0.1) is 11.0 Å². The second-order valence-corrected chi connectivity index (χ2v) is 5.94. The van der Waals surface area contributed by atoms with Crippen molar-refractivity contribution in [1.82, 2.24) is 10.2 Å². The highest BCUT2D eigenvalue weighted by molar-refractivity contribution is 5.97. The standard InChI is InChI=1S/C16H19F3N2O3/c1-3-20-14(23)15(2)8-9-21(10-15)13(22)11-6-4-5-7-12(11)24-16(17,18)19/h4-7H,3,8-10H2,1-2H3,(H,20,23). The Morgan fingerprint density at radius 2 is 2.00 bits per heavy atom. The van der Waals surface area contributed by atoms with Gasteiger partial charge in [0.1, 0.15) is 5.75 Å². The maximum atomic E-state index is 12.6. The van der Waals surface area contributed by atoms with E-state index in [4.69, 9.17) is 0 Å². The van der Waals surface area contributed by atoms with Crippen molar-refractivity contribution in [3.8, 4) is 5.75 Å². The lowest BCUT2D eigenvalue weighted by Crippen LogP contribution is -2.41. The number of nitrogens with zero attached hydrogens (tertiary/aromatic N) is 1. The highest BCUT2D eigenvalue weighted by Crippen LogP contribution is 2.33. The zero-order valence-corrected chi connectivity index (χ0v) is 13.4. The van der Waals surface area contributed by atoms with Gasteiger partial charge in [-0.05, 0) is 32.4 Å². The molecule has 24 heavy (non-hydrogen) atoms. The van der Waals surface area contributed by atoms with Crippen LogP contribution in [0.15, 0.2) is 24.3 Å². The van der Waals surface area contributed by atoms with Crippen LogP contribution in [0.3, 0.4) is 0 Å². The van der Waals surface area contributed by atoms with E-state index in [0.717, 1.165) is 6.07 Å². The molecule has 0 spiro atoms. The number of hydrogen-bond donors (Lipinski definition) is 1. The maximum absolute atomic E-state index is 12.6. The first-order valence-corrected chi connectivity index (χ1v) is 7.58. The van der Waals surface area contributed by atoms with Crippen LogP contribution in [-0.4, -0.2) is 42.7 Å². The summed E-state index contributed by atoms with van der Waals surface area (Å²) < 4.78 is 41.4.